The molecule has 0 spiro atoms. The van der Waals surface area contributed by atoms with E-state index in [1.807, 2.05) is 22.6 Å². The molecule has 1 aromatic heterocycles. The molecular weight excluding hydrogens is 484 g/mol. The first-order chi connectivity index (χ1) is 13.2. The van der Waals surface area contributed by atoms with Gasteiger partial charge in [0.25, 0.3) is 5.91 Å². The van der Waals surface area contributed by atoms with Gasteiger partial charge >= 0.3 is 0 Å². The third kappa shape index (κ3) is 5.28. The average Bonchev–Trinajstić information content (AvgIpc) is 2.96. The lowest BCUT2D eigenvalue weighted by Gasteiger charge is -2.17. The van der Waals surface area contributed by atoms with Gasteiger partial charge in [0, 0.05) is 9.64 Å². The summed E-state index contributed by atoms with van der Waals surface area (Å²) in [6.07, 6.45) is 2.00. The van der Waals surface area contributed by atoms with Crippen molar-refractivity contribution < 1.29 is 28.2 Å². The number of hydroxylamine groups is 1. The highest BCUT2D eigenvalue weighted by Gasteiger charge is 2.33. The molecule has 1 aromatic carbocycles. The highest BCUT2D eigenvalue weighted by atomic mass is 127. The Morgan fingerprint density at radius 2 is 2.21 bits per heavy atom. The van der Waals surface area contributed by atoms with Crippen LogP contribution in [0.4, 0.5) is 15.8 Å². The van der Waals surface area contributed by atoms with Gasteiger partial charge in [0.2, 0.25) is 6.20 Å². The van der Waals surface area contributed by atoms with Crippen molar-refractivity contribution in [3.63, 3.8) is 0 Å². The topological polar surface area (TPSA) is 95.8 Å². The SMILES string of the molecule is CC1(C)OC[C@H](CONC(=O)c2cc[n+]([O-])cc2Nc2ccc(I)cc2F)O1. The van der Waals surface area contributed by atoms with Gasteiger partial charge in [-0.3, -0.25) is 9.63 Å². The Hall–Kier alpha value is -2.02. The van der Waals surface area contributed by atoms with Gasteiger partial charge in [-0.15, -0.1) is 0 Å². The van der Waals surface area contributed by atoms with E-state index in [0.717, 1.165) is 9.77 Å². The lowest BCUT2D eigenvalue weighted by molar-refractivity contribution is -0.604. The van der Waals surface area contributed by atoms with Crippen molar-refractivity contribution in [2.24, 2.45) is 0 Å². The van der Waals surface area contributed by atoms with Crippen LogP contribution in [0.2, 0.25) is 0 Å². The number of halogens is 2. The first-order valence-corrected chi connectivity index (χ1v) is 9.50. The second kappa shape index (κ2) is 8.55. The zero-order valence-electron chi connectivity index (χ0n) is 15.2. The molecule has 8 nitrogen and oxygen atoms in total. The summed E-state index contributed by atoms with van der Waals surface area (Å²) in [7, 11) is 0. The Labute approximate surface area is 174 Å². The highest BCUT2D eigenvalue weighted by molar-refractivity contribution is 14.1. The lowest BCUT2D eigenvalue weighted by atomic mass is 10.2. The fourth-order valence-electron chi connectivity index (χ4n) is 2.61. The van der Waals surface area contributed by atoms with Gasteiger partial charge in [0.05, 0.1) is 17.9 Å². The summed E-state index contributed by atoms with van der Waals surface area (Å²) in [5, 5.41) is 14.4. The maximum absolute atomic E-state index is 14.1. The van der Waals surface area contributed by atoms with Crippen LogP contribution in [0, 0.1) is 14.6 Å². The smallest absolute Gasteiger partial charge is 0.277 e. The minimum absolute atomic E-state index is 0.0953. The second-order valence-electron chi connectivity index (χ2n) is 6.57. The minimum atomic E-state index is -0.687. The van der Waals surface area contributed by atoms with Gasteiger partial charge in [-0.25, -0.2) is 9.87 Å². The van der Waals surface area contributed by atoms with E-state index >= 15 is 0 Å². The number of carbonyl (C=O) groups is 1. The molecule has 1 fully saturated rings. The zero-order chi connectivity index (χ0) is 20.3. The molecule has 150 valence electrons. The Balaban J connectivity index is 1.66. The Bertz CT molecular complexity index is 880. The fourth-order valence-corrected chi connectivity index (χ4v) is 3.06. The normalized spacial score (nSPS) is 18.1. The van der Waals surface area contributed by atoms with Crippen LogP contribution >= 0.6 is 22.6 Å². The minimum Gasteiger partial charge on any atom is -0.619 e. The van der Waals surface area contributed by atoms with Crippen molar-refractivity contribution >= 4 is 39.9 Å². The molecule has 28 heavy (non-hydrogen) atoms. The summed E-state index contributed by atoms with van der Waals surface area (Å²) in [4.78, 5) is 17.7. The molecule has 1 atom stereocenters. The van der Waals surface area contributed by atoms with Crippen LogP contribution in [0.1, 0.15) is 24.2 Å². The summed E-state index contributed by atoms with van der Waals surface area (Å²) in [5.74, 6) is -1.78. The predicted molar refractivity (Wildman–Crippen MR) is 106 cm³/mol. The number of hydrogen-bond acceptors (Lipinski definition) is 6. The number of rotatable bonds is 6. The van der Waals surface area contributed by atoms with Gasteiger partial charge in [0.1, 0.15) is 24.2 Å². The van der Waals surface area contributed by atoms with Crippen molar-refractivity contribution in [3.05, 3.63) is 56.8 Å². The monoisotopic (exact) mass is 503 g/mol. The summed E-state index contributed by atoms with van der Waals surface area (Å²) in [6, 6.07) is 5.88. The lowest BCUT2D eigenvalue weighted by Crippen LogP contribution is -2.32. The molecule has 2 N–H and O–H groups in total. The fraction of sp³-hybridized carbons (Fsp3) is 0.333. The number of nitrogens with one attached hydrogen (secondary N) is 2. The van der Waals surface area contributed by atoms with E-state index in [2.05, 4.69) is 10.8 Å². The van der Waals surface area contributed by atoms with Crippen LogP contribution in [-0.2, 0) is 14.3 Å². The summed E-state index contributed by atoms with van der Waals surface area (Å²) >= 11 is 1.99. The summed E-state index contributed by atoms with van der Waals surface area (Å²) < 4.78 is 26.3. The Kier molecular flexibility index (Phi) is 6.33. The number of anilines is 2. The van der Waals surface area contributed by atoms with Crippen LogP contribution in [0.3, 0.4) is 0 Å². The molecular formula is C18H19FIN3O5. The summed E-state index contributed by atoms with van der Waals surface area (Å²) in [5.41, 5.74) is 2.70. The number of nitrogens with zero attached hydrogens (tertiary/aromatic N) is 1. The van der Waals surface area contributed by atoms with Crippen LogP contribution in [0.5, 0.6) is 0 Å². The van der Waals surface area contributed by atoms with Gasteiger partial charge in [0.15, 0.2) is 12.0 Å². The summed E-state index contributed by atoms with van der Waals surface area (Å²) in [6.45, 7) is 4.02. The molecule has 0 aliphatic carbocycles. The maximum Gasteiger partial charge on any atom is 0.277 e. The molecule has 1 saturated heterocycles. The van der Waals surface area contributed by atoms with Crippen molar-refractivity contribution in [1.82, 2.24) is 5.48 Å². The van der Waals surface area contributed by atoms with Crippen LogP contribution < -0.4 is 15.5 Å². The molecule has 10 heteroatoms. The van der Waals surface area contributed by atoms with E-state index in [1.54, 1.807) is 19.9 Å². The van der Waals surface area contributed by atoms with E-state index in [4.69, 9.17) is 14.3 Å². The molecule has 2 aromatic rings. The van der Waals surface area contributed by atoms with Gasteiger partial charge < -0.3 is 20.0 Å². The van der Waals surface area contributed by atoms with Crippen LogP contribution in [0.25, 0.3) is 0 Å². The number of benzene rings is 1. The quantitative estimate of drug-likeness (QED) is 0.273. The van der Waals surface area contributed by atoms with Crippen LogP contribution in [0.15, 0.2) is 36.7 Å². The van der Waals surface area contributed by atoms with Gasteiger partial charge in [-0.05, 0) is 54.6 Å². The third-order valence-electron chi connectivity index (χ3n) is 3.88. The standard InChI is InChI=1S/C18H19FIN3O5/c1-18(2)26-9-12(28-18)10-27-22-17(24)13-5-6-23(25)8-16(13)21-15-4-3-11(20)7-14(15)19/h3-8,12,21H,9-10H2,1-2H3,(H,22,24)/t12-/m1/s1. The Morgan fingerprint density at radius 3 is 2.89 bits per heavy atom. The predicted octanol–water partition coefficient (Wildman–Crippen LogP) is 2.62. The molecule has 0 saturated carbocycles. The van der Waals surface area contributed by atoms with Gasteiger partial charge in [-0.1, -0.05) is 0 Å². The number of carbonyl (C=O) groups excluding carboxylic acids is 1. The number of amides is 1. The molecule has 0 bridgehead atoms. The van der Waals surface area contributed by atoms with Crippen molar-refractivity contribution in [2.75, 3.05) is 18.5 Å². The molecule has 1 aliphatic rings. The number of pyridine rings is 1. The van der Waals surface area contributed by atoms with Crippen molar-refractivity contribution in [2.45, 2.75) is 25.7 Å². The number of hydrogen-bond donors (Lipinski definition) is 2. The van der Waals surface area contributed by atoms with Crippen molar-refractivity contribution in [1.29, 1.82) is 0 Å². The maximum atomic E-state index is 14.1. The molecule has 0 radical (unpaired) electrons. The molecule has 1 amide bonds. The molecule has 0 unspecified atom stereocenters. The van der Waals surface area contributed by atoms with E-state index in [0.29, 0.717) is 11.3 Å². The van der Waals surface area contributed by atoms with E-state index in [9.17, 15) is 14.4 Å². The first-order valence-electron chi connectivity index (χ1n) is 8.42. The molecule has 2 heterocycles. The first kappa shape index (κ1) is 20.7. The zero-order valence-corrected chi connectivity index (χ0v) is 17.4. The molecule has 3 rings (SSSR count). The van der Waals surface area contributed by atoms with E-state index in [1.165, 1.54) is 24.4 Å². The number of aromatic nitrogens is 1. The van der Waals surface area contributed by atoms with E-state index < -0.39 is 17.5 Å². The largest absolute Gasteiger partial charge is 0.619 e. The van der Waals surface area contributed by atoms with E-state index in [-0.39, 0.29) is 29.6 Å². The van der Waals surface area contributed by atoms with Gasteiger partial charge in [-0.2, -0.15) is 4.73 Å². The van der Waals surface area contributed by atoms with Crippen LogP contribution in [-0.4, -0.2) is 31.0 Å². The van der Waals surface area contributed by atoms with Crippen molar-refractivity contribution in [3.8, 4) is 0 Å². The highest BCUT2D eigenvalue weighted by Crippen LogP contribution is 2.24. The second-order valence-corrected chi connectivity index (χ2v) is 7.82. The Morgan fingerprint density at radius 1 is 1.43 bits per heavy atom. The average molecular weight is 503 g/mol. The third-order valence-corrected chi connectivity index (χ3v) is 4.55. The number of ether oxygens (including phenoxy) is 2. The molecule has 1 aliphatic heterocycles.